The molecule has 0 aliphatic carbocycles. The van der Waals surface area contributed by atoms with Crippen molar-refractivity contribution in [2.45, 2.75) is 38.9 Å². The van der Waals surface area contributed by atoms with Crippen molar-refractivity contribution in [1.29, 1.82) is 5.26 Å². The molecule has 8 heteroatoms. The van der Waals surface area contributed by atoms with Crippen molar-refractivity contribution in [2.24, 2.45) is 0 Å². The second kappa shape index (κ2) is 9.73. The van der Waals surface area contributed by atoms with Gasteiger partial charge >= 0.3 is 0 Å². The molecule has 0 atom stereocenters. The number of aldehydes is 1. The lowest BCUT2D eigenvalue weighted by molar-refractivity contribution is 0.112. The van der Waals surface area contributed by atoms with E-state index < -0.39 is 8.32 Å². The van der Waals surface area contributed by atoms with Gasteiger partial charge in [0.25, 0.3) is 0 Å². The minimum atomic E-state index is -1.81. The Bertz CT molecular complexity index is 952. The van der Waals surface area contributed by atoms with Gasteiger partial charge in [-0.1, -0.05) is 36.7 Å². The second-order valence-electron chi connectivity index (χ2n) is 8.57. The lowest BCUT2D eigenvalue weighted by Gasteiger charge is -2.36. The number of likely N-dealkylation sites (N-methyl/N-ethyl adjacent to an activating group) is 1. The van der Waals surface area contributed by atoms with Gasteiger partial charge in [-0.2, -0.15) is 10.2 Å². The second-order valence-corrected chi connectivity index (χ2v) is 14.2. The van der Waals surface area contributed by atoms with E-state index in [2.05, 4.69) is 60.8 Å². The smallest absolute Gasteiger partial charge is 0.239 e. The SMILES string of the molecule is CN(CCO[Si](C)(C)C(C)(C)C)c1ccc(C#N)c(Oc2ccc(Br)c(C=O)c2)n1. The van der Waals surface area contributed by atoms with Gasteiger partial charge in [0.15, 0.2) is 14.6 Å². The Labute approximate surface area is 188 Å². The minimum absolute atomic E-state index is 0.157. The predicted octanol–water partition coefficient (Wildman–Crippen LogP) is 5.78. The van der Waals surface area contributed by atoms with Crippen LogP contribution in [0.3, 0.4) is 0 Å². The van der Waals surface area contributed by atoms with Crippen LogP contribution in [0.25, 0.3) is 0 Å². The molecule has 160 valence electrons. The van der Waals surface area contributed by atoms with Crippen LogP contribution in [0.15, 0.2) is 34.8 Å². The highest BCUT2D eigenvalue weighted by molar-refractivity contribution is 9.10. The predicted molar refractivity (Wildman–Crippen MR) is 125 cm³/mol. The summed E-state index contributed by atoms with van der Waals surface area (Å²) in [6.45, 7) is 12.4. The van der Waals surface area contributed by atoms with E-state index in [-0.39, 0.29) is 10.9 Å². The summed E-state index contributed by atoms with van der Waals surface area (Å²) in [6.07, 6.45) is 0.738. The third-order valence-corrected chi connectivity index (χ3v) is 10.6. The molecule has 1 aromatic heterocycles. The molecule has 1 aromatic carbocycles. The molecule has 30 heavy (non-hydrogen) atoms. The Kier molecular flexibility index (Phi) is 7.80. The standard InChI is InChI=1S/C22H28BrN3O3Si/c1-22(2,3)30(5,6)28-12-11-26(4)20-10-7-16(14-24)21(25-20)29-18-8-9-19(23)17(13-18)15-27/h7-10,13,15H,11-12H2,1-6H3. The van der Waals surface area contributed by atoms with Gasteiger partial charge in [0, 0.05) is 23.6 Å². The Morgan fingerprint density at radius 1 is 1.27 bits per heavy atom. The van der Waals surface area contributed by atoms with Crippen LogP contribution in [0.1, 0.15) is 36.7 Å². The van der Waals surface area contributed by atoms with Crippen molar-refractivity contribution in [2.75, 3.05) is 25.1 Å². The summed E-state index contributed by atoms with van der Waals surface area (Å²) in [7, 11) is 0.118. The average molecular weight is 490 g/mol. The molecule has 1 heterocycles. The number of benzene rings is 1. The molecule has 0 amide bonds. The number of nitriles is 1. The Morgan fingerprint density at radius 2 is 1.97 bits per heavy atom. The maximum atomic E-state index is 11.2. The molecule has 2 aromatic rings. The fourth-order valence-electron chi connectivity index (χ4n) is 2.36. The molecular formula is C22H28BrN3O3Si. The number of ether oxygens (including phenoxy) is 1. The summed E-state index contributed by atoms with van der Waals surface area (Å²) in [4.78, 5) is 17.7. The number of anilines is 1. The van der Waals surface area contributed by atoms with Crippen LogP contribution in [-0.4, -0.2) is 39.8 Å². The fourth-order valence-corrected chi connectivity index (χ4v) is 3.74. The van der Waals surface area contributed by atoms with Gasteiger partial charge in [-0.05, 0) is 48.5 Å². The van der Waals surface area contributed by atoms with Crippen LogP contribution in [0.4, 0.5) is 5.82 Å². The number of nitrogens with zero attached hydrogens (tertiary/aromatic N) is 3. The Morgan fingerprint density at radius 3 is 2.57 bits per heavy atom. The van der Waals surface area contributed by atoms with Crippen LogP contribution in [0, 0.1) is 11.3 Å². The van der Waals surface area contributed by atoms with Gasteiger partial charge in [0.1, 0.15) is 23.2 Å². The highest BCUT2D eigenvalue weighted by Gasteiger charge is 2.36. The number of pyridine rings is 1. The summed E-state index contributed by atoms with van der Waals surface area (Å²) in [5.41, 5.74) is 0.780. The molecular weight excluding hydrogens is 462 g/mol. The Hall–Kier alpha value is -2.21. The van der Waals surface area contributed by atoms with Gasteiger partial charge in [-0.15, -0.1) is 0 Å². The topological polar surface area (TPSA) is 75.4 Å². The van der Waals surface area contributed by atoms with Gasteiger partial charge in [-0.25, -0.2) is 0 Å². The number of aromatic nitrogens is 1. The first-order valence-electron chi connectivity index (χ1n) is 9.67. The molecule has 0 N–H and O–H groups in total. The zero-order valence-electron chi connectivity index (χ0n) is 18.3. The van der Waals surface area contributed by atoms with Crippen molar-refractivity contribution in [3.63, 3.8) is 0 Å². The molecule has 0 unspecified atom stereocenters. The monoisotopic (exact) mass is 489 g/mol. The first-order chi connectivity index (χ1) is 14.0. The molecule has 0 saturated carbocycles. The van der Waals surface area contributed by atoms with Crippen LogP contribution in [0.5, 0.6) is 11.6 Å². The molecule has 0 bridgehead atoms. The fraction of sp³-hybridized carbons (Fsp3) is 0.409. The summed E-state index contributed by atoms with van der Waals surface area (Å²) in [5.74, 6) is 1.31. The van der Waals surface area contributed by atoms with Crippen LogP contribution in [0.2, 0.25) is 18.1 Å². The van der Waals surface area contributed by atoms with E-state index in [0.29, 0.717) is 40.3 Å². The number of hydrogen-bond acceptors (Lipinski definition) is 6. The summed E-state index contributed by atoms with van der Waals surface area (Å²) < 4.78 is 12.7. The zero-order valence-corrected chi connectivity index (χ0v) is 20.9. The molecule has 0 spiro atoms. The van der Waals surface area contributed by atoms with Gasteiger partial charge in [-0.3, -0.25) is 4.79 Å². The highest BCUT2D eigenvalue weighted by Crippen LogP contribution is 2.36. The van der Waals surface area contributed by atoms with E-state index in [1.54, 1.807) is 30.3 Å². The van der Waals surface area contributed by atoms with E-state index in [1.807, 2.05) is 11.9 Å². The lowest BCUT2D eigenvalue weighted by atomic mass is 10.2. The maximum absolute atomic E-state index is 11.2. The van der Waals surface area contributed by atoms with Gasteiger partial charge in [0.05, 0.1) is 6.61 Å². The van der Waals surface area contributed by atoms with Crippen LogP contribution < -0.4 is 9.64 Å². The summed E-state index contributed by atoms with van der Waals surface area (Å²) >= 11 is 3.31. The largest absolute Gasteiger partial charge is 0.438 e. The average Bonchev–Trinajstić information content (AvgIpc) is 2.68. The molecule has 0 fully saturated rings. The number of halogens is 1. The van der Waals surface area contributed by atoms with Crippen LogP contribution >= 0.6 is 15.9 Å². The third-order valence-electron chi connectivity index (χ3n) is 5.36. The first-order valence-corrected chi connectivity index (χ1v) is 13.4. The Balaban J connectivity index is 2.15. The summed E-state index contributed by atoms with van der Waals surface area (Å²) in [5, 5.41) is 9.57. The van der Waals surface area contributed by atoms with Crippen molar-refractivity contribution < 1.29 is 14.0 Å². The molecule has 0 aliphatic heterocycles. The first kappa shape index (κ1) is 24.1. The third kappa shape index (κ3) is 5.91. The zero-order chi connectivity index (χ0) is 22.5. The van der Waals surface area contributed by atoms with Gasteiger partial charge in [0.2, 0.25) is 5.88 Å². The molecule has 0 radical (unpaired) electrons. The molecule has 0 aliphatic rings. The number of carbonyl (C=O) groups is 1. The highest BCUT2D eigenvalue weighted by atomic mass is 79.9. The van der Waals surface area contributed by atoms with Gasteiger partial charge < -0.3 is 14.1 Å². The minimum Gasteiger partial charge on any atom is -0.438 e. The maximum Gasteiger partial charge on any atom is 0.239 e. The number of carbonyl (C=O) groups excluding carboxylic acids is 1. The van der Waals surface area contributed by atoms with Crippen molar-refractivity contribution in [3.05, 3.63) is 45.9 Å². The molecule has 0 saturated heterocycles. The van der Waals surface area contributed by atoms with Crippen molar-refractivity contribution >= 4 is 36.4 Å². The summed E-state index contributed by atoms with van der Waals surface area (Å²) in [6, 6.07) is 10.6. The van der Waals surface area contributed by atoms with E-state index in [4.69, 9.17) is 9.16 Å². The molecule has 6 nitrogen and oxygen atoms in total. The van der Waals surface area contributed by atoms with E-state index in [9.17, 15) is 10.1 Å². The van der Waals surface area contributed by atoms with E-state index in [1.165, 1.54) is 0 Å². The van der Waals surface area contributed by atoms with Crippen LogP contribution in [-0.2, 0) is 4.43 Å². The number of hydrogen-bond donors (Lipinski definition) is 0. The van der Waals surface area contributed by atoms with Crippen molar-refractivity contribution in [1.82, 2.24) is 4.98 Å². The van der Waals surface area contributed by atoms with E-state index in [0.717, 1.165) is 6.29 Å². The number of rotatable bonds is 8. The quantitative estimate of drug-likeness (QED) is 0.345. The normalized spacial score (nSPS) is 11.7. The molecule has 2 rings (SSSR count). The van der Waals surface area contributed by atoms with Crippen molar-refractivity contribution in [3.8, 4) is 17.7 Å². The lowest BCUT2D eigenvalue weighted by Crippen LogP contribution is -2.42. The van der Waals surface area contributed by atoms with E-state index >= 15 is 0 Å².